The van der Waals surface area contributed by atoms with Crippen molar-refractivity contribution in [2.75, 3.05) is 7.11 Å². The van der Waals surface area contributed by atoms with Crippen molar-refractivity contribution in [3.63, 3.8) is 0 Å². The molecule has 1 amide bonds. The van der Waals surface area contributed by atoms with Gasteiger partial charge in [0, 0.05) is 42.8 Å². The Kier molecular flexibility index (Phi) is 6.65. The molecule has 0 saturated carbocycles. The molecule has 0 atom stereocenters. The van der Waals surface area contributed by atoms with E-state index in [9.17, 15) is 9.59 Å². The van der Waals surface area contributed by atoms with Crippen molar-refractivity contribution in [3.8, 4) is 5.75 Å². The van der Waals surface area contributed by atoms with Gasteiger partial charge in [-0.25, -0.2) is 0 Å². The van der Waals surface area contributed by atoms with Crippen LogP contribution in [0, 0.1) is 4.77 Å². The molecule has 3 N–H and O–H groups in total. The fraction of sp³-hybridized carbons (Fsp3) is 0.304. The lowest BCUT2D eigenvalue weighted by Crippen LogP contribution is -2.23. The summed E-state index contributed by atoms with van der Waals surface area (Å²) in [6, 6.07) is 9.38. The molecule has 0 radical (unpaired) electrons. The Labute approximate surface area is 189 Å². The Morgan fingerprint density at radius 2 is 2.06 bits per heavy atom. The average Bonchev–Trinajstić information content (AvgIpc) is 3.18. The Morgan fingerprint density at radius 1 is 1.19 bits per heavy atom. The van der Waals surface area contributed by atoms with Crippen LogP contribution in [0.25, 0.3) is 21.9 Å². The summed E-state index contributed by atoms with van der Waals surface area (Å²) in [4.78, 5) is 35.4. The van der Waals surface area contributed by atoms with Crippen LogP contribution in [-0.4, -0.2) is 32.5 Å². The van der Waals surface area contributed by atoms with E-state index >= 15 is 0 Å². The fourth-order valence-electron chi connectivity index (χ4n) is 3.72. The molecule has 0 aliphatic heterocycles. The Morgan fingerprint density at radius 3 is 2.84 bits per heavy atom. The smallest absolute Gasteiger partial charge is 0.278 e. The van der Waals surface area contributed by atoms with Gasteiger partial charge in [-0.15, -0.1) is 0 Å². The van der Waals surface area contributed by atoms with Gasteiger partial charge in [0.1, 0.15) is 11.3 Å². The number of aromatic nitrogens is 4. The number of pyridine rings is 1. The van der Waals surface area contributed by atoms with E-state index in [1.165, 1.54) is 0 Å². The van der Waals surface area contributed by atoms with Crippen LogP contribution in [0.3, 0.4) is 0 Å². The number of H-pyrrole nitrogens is 2. The van der Waals surface area contributed by atoms with E-state index in [0.717, 1.165) is 35.7 Å². The van der Waals surface area contributed by atoms with E-state index in [4.69, 9.17) is 17.0 Å². The molecule has 32 heavy (non-hydrogen) atoms. The van der Waals surface area contributed by atoms with Gasteiger partial charge in [0.25, 0.3) is 5.56 Å². The highest BCUT2D eigenvalue weighted by atomic mass is 32.1. The van der Waals surface area contributed by atoms with Crippen LogP contribution in [0.5, 0.6) is 5.75 Å². The number of unbranched alkanes of at least 4 members (excludes halogenated alkanes) is 2. The molecule has 8 nitrogen and oxygen atoms in total. The molecule has 1 aromatic carbocycles. The number of amides is 1. The number of benzene rings is 1. The first-order valence-electron chi connectivity index (χ1n) is 10.5. The van der Waals surface area contributed by atoms with Crippen molar-refractivity contribution in [2.24, 2.45) is 0 Å². The standard InChI is InChI=1S/C23H25N5O3S/c1-31-16-8-9-18-17(12-16)20-21(26-18)22(30)28(23(32)27-20)11-4-2-3-7-19(29)25-14-15-6-5-10-24-13-15/h5-6,8-10,12-13,26H,2-4,7,11,14H2,1H3,(H,25,29)(H,27,32). The van der Waals surface area contributed by atoms with Gasteiger partial charge in [-0.3, -0.25) is 19.1 Å². The molecule has 0 aliphatic carbocycles. The molecule has 0 aliphatic rings. The molecular formula is C23H25N5O3S. The molecule has 0 fully saturated rings. The van der Waals surface area contributed by atoms with E-state index in [0.29, 0.717) is 41.1 Å². The predicted octanol–water partition coefficient (Wildman–Crippen LogP) is 3.82. The highest BCUT2D eigenvalue weighted by molar-refractivity contribution is 7.71. The second kappa shape index (κ2) is 9.78. The zero-order valence-electron chi connectivity index (χ0n) is 17.8. The Balaban J connectivity index is 1.34. The number of hydrogen-bond acceptors (Lipinski definition) is 5. The largest absolute Gasteiger partial charge is 0.497 e. The Hall–Kier alpha value is -3.46. The van der Waals surface area contributed by atoms with Crippen molar-refractivity contribution >= 4 is 40.1 Å². The number of hydrogen-bond donors (Lipinski definition) is 3. The van der Waals surface area contributed by atoms with Crippen LogP contribution in [0.1, 0.15) is 31.2 Å². The van der Waals surface area contributed by atoms with Gasteiger partial charge in [0.15, 0.2) is 4.77 Å². The van der Waals surface area contributed by atoms with Crippen molar-refractivity contribution in [3.05, 3.63) is 63.4 Å². The number of nitrogens with zero attached hydrogens (tertiary/aromatic N) is 2. The second-order valence-electron chi connectivity index (χ2n) is 7.62. The number of aromatic amines is 2. The zero-order chi connectivity index (χ0) is 22.5. The number of carbonyl (C=O) groups is 1. The van der Waals surface area contributed by atoms with Gasteiger partial charge in [0.2, 0.25) is 5.91 Å². The van der Waals surface area contributed by atoms with Crippen LogP contribution in [-0.2, 0) is 17.9 Å². The van der Waals surface area contributed by atoms with Gasteiger partial charge >= 0.3 is 0 Å². The van der Waals surface area contributed by atoms with E-state index < -0.39 is 0 Å². The van der Waals surface area contributed by atoms with Crippen LogP contribution < -0.4 is 15.6 Å². The molecule has 9 heteroatoms. The highest BCUT2D eigenvalue weighted by Crippen LogP contribution is 2.25. The number of nitrogens with one attached hydrogen (secondary N) is 3. The molecule has 4 rings (SSSR count). The maximum atomic E-state index is 13.0. The van der Waals surface area contributed by atoms with Crippen molar-refractivity contribution in [1.29, 1.82) is 0 Å². The summed E-state index contributed by atoms with van der Waals surface area (Å²) in [5.74, 6) is 0.726. The number of methoxy groups -OCH3 is 1. The fourth-order valence-corrected chi connectivity index (χ4v) is 3.99. The van der Waals surface area contributed by atoms with Gasteiger partial charge in [-0.1, -0.05) is 12.5 Å². The average molecular weight is 452 g/mol. The highest BCUT2D eigenvalue weighted by Gasteiger charge is 2.12. The lowest BCUT2D eigenvalue weighted by molar-refractivity contribution is -0.121. The molecule has 3 aromatic heterocycles. The SMILES string of the molecule is COc1ccc2[nH]c3c(=O)n(CCCCCC(=O)NCc4cccnc4)c(=S)[nH]c3c2c1. The summed E-state index contributed by atoms with van der Waals surface area (Å²) in [5.41, 5.74) is 2.86. The van der Waals surface area contributed by atoms with Crippen molar-refractivity contribution in [2.45, 2.75) is 38.8 Å². The molecule has 0 saturated heterocycles. The normalized spacial score (nSPS) is 11.2. The van der Waals surface area contributed by atoms with E-state index in [1.54, 1.807) is 24.1 Å². The monoisotopic (exact) mass is 451 g/mol. The van der Waals surface area contributed by atoms with Crippen LogP contribution >= 0.6 is 12.2 Å². The third-order valence-electron chi connectivity index (χ3n) is 5.44. The maximum absolute atomic E-state index is 13.0. The molecule has 0 spiro atoms. The maximum Gasteiger partial charge on any atom is 0.278 e. The number of fused-ring (bicyclic) bond motifs is 3. The molecule has 3 heterocycles. The minimum absolute atomic E-state index is 0.0123. The van der Waals surface area contributed by atoms with Crippen molar-refractivity contribution in [1.82, 2.24) is 24.8 Å². The summed E-state index contributed by atoms with van der Waals surface area (Å²) in [6.07, 6.45) is 6.22. The van der Waals surface area contributed by atoms with E-state index in [1.807, 2.05) is 30.3 Å². The van der Waals surface area contributed by atoms with Crippen molar-refractivity contribution < 1.29 is 9.53 Å². The van der Waals surface area contributed by atoms with Crippen LogP contribution in [0.4, 0.5) is 0 Å². The molecular weight excluding hydrogens is 426 g/mol. The molecule has 166 valence electrons. The first-order valence-corrected chi connectivity index (χ1v) is 11.0. The van der Waals surface area contributed by atoms with Gasteiger partial charge < -0.3 is 20.0 Å². The number of ether oxygens (including phenoxy) is 1. The summed E-state index contributed by atoms with van der Waals surface area (Å²) in [7, 11) is 1.61. The van der Waals surface area contributed by atoms with Crippen LogP contribution in [0.2, 0.25) is 0 Å². The lowest BCUT2D eigenvalue weighted by atomic mass is 10.2. The minimum atomic E-state index is -0.145. The summed E-state index contributed by atoms with van der Waals surface area (Å²) >= 11 is 5.45. The van der Waals surface area contributed by atoms with Crippen LogP contribution in [0.15, 0.2) is 47.5 Å². The van der Waals surface area contributed by atoms with E-state index in [-0.39, 0.29) is 11.5 Å². The topological polar surface area (TPSA) is 105 Å². The quantitative estimate of drug-likeness (QED) is 0.265. The lowest BCUT2D eigenvalue weighted by Gasteiger charge is -2.07. The molecule has 4 aromatic rings. The zero-order valence-corrected chi connectivity index (χ0v) is 18.6. The Bertz CT molecular complexity index is 1360. The number of carbonyl (C=O) groups excluding carboxylic acids is 1. The van der Waals surface area contributed by atoms with E-state index in [2.05, 4.69) is 20.3 Å². The van der Waals surface area contributed by atoms with Gasteiger partial charge in [0.05, 0.1) is 12.6 Å². The summed E-state index contributed by atoms with van der Waals surface area (Å²) in [6.45, 7) is 0.980. The molecule has 0 unspecified atom stereocenters. The number of rotatable bonds is 9. The first-order chi connectivity index (χ1) is 15.6. The predicted molar refractivity (Wildman–Crippen MR) is 126 cm³/mol. The van der Waals surface area contributed by atoms with Gasteiger partial charge in [-0.05, 0) is 54.9 Å². The third kappa shape index (κ3) is 4.72. The molecule has 0 bridgehead atoms. The summed E-state index contributed by atoms with van der Waals surface area (Å²) in [5, 5.41) is 3.77. The third-order valence-corrected chi connectivity index (χ3v) is 5.76. The minimum Gasteiger partial charge on any atom is -0.497 e. The first kappa shape index (κ1) is 21.8. The summed E-state index contributed by atoms with van der Waals surface area (Å²) < 4.78 is 7.25. The van der Waals surface area contributed by atoms with Gasteiger partial charge in [-0.2, -0.15) is 0 Å². The second-order valence-corrected chi connectivity index (χ2v) is 8.01.